The van der Waals surface area contributed by atoms with Crippen molar-refractivity contribution in [1.82, 2.24) is 0 Å². The van der Waals surface area contributed by atoms with Gasteiger partial charge in [-0.3, -0.25) is 0 Å². The van der Waals surface area contributed by atoms with Crippen molar-refractivity contribution in [1.29, 1.82) is 0 Å². The predicted molar refractivity (Wildman–Crippen MR) is 84.2 cm³/mol. The molecule has 0 saturated heterocycles. The molecule has 2 aromatic carbocycles. The molecule has 0 bridgehead atoms. The molecule has 20 heavy (non-hydrogen) atoms. The van der Waals surface area contributed by atoms with Gasteiger partial charge in [-0.25, -0.2) is 0 Å². The number of benzene rings is 2. The van der Waals surface area contributed by atoms with E-state index >= 15 is 0 Å². The van der Waals surface area contributed by atoms with Gasteiger partial charge in [0.25, 0.3) is 0 Å². The molecule has 0 aliphatic heterocycles. The second-order valence-electron chi connectivity index (χ2n) is 4.22. The van der Waals surface area contributed by atoms with Crippen LogP contribution in [0, 0.1) is 0 Å². The lowest BCUT2D eigenvalue weighted by Gasteiger charge is -2.21. The lowest BCUT2D eigenvalue weighted by molar-refractivity contribution is 0.474. The highest BCUT2D eigenvalue weighted by atomic mass is 16.3. The number of anilines is 2. The van der Waals surface area contributed by atoms with E-state index in [0.717, 1.165) is 18.8 Å². The Kier molecular flexibility index (Phi) is 6.23. The molecule has 108 valence electrons. The fourth-order valence-electron chi connectivity index (χ4n) is 1.78. The van der Waals surface area contributed by atoms with E-state index < -0.39 is 0 Å². The van der Waals surface area contributed by atoms with E-state index in [1.165, 1.54) is 0 Å². The summed E-state index contributed by atoms with van der Waals surface area (Å²) in [6.45, 7) is 6.01. The molecule has 0 aromatic heterocycles. The maximum Gasteiger partial charge on any atom is 0.138 e. The van der Waals surface area contributed by atoms with Gasteiger partial charge in [0.15, 0.2) is 0 Å². The van der Waals surface area contributed by atoms with Gasteiger partial charge < -0.3 is 20.8 Å². The van der Waals surface area contributed by atoms with Crippen LogP contribution in [0.2, 0.25) is 0 Å². The van der Waals surface area contributed by atoms with Gasteiger partial charge >= 0.3 is 0 Å². The van der Waals surface area contributed by atoms with Gasteiger partial charge in [0.05, 0.1) is 11.4 Å². The van der Waals surface area contributed by atoms with Crippen molar-refractivity contribution in [3.63, 3.8) is 0 Å². The van der Waals surface area contributed by atoms with Crippen LogP contribution < -0.4 is 10.6 Å². The SMILES string of the molecule is CCN(CC)c1ccccc1O.Nc1ccccc1O. The largest absolute Gasteiger partial charge is 0.506 e. The second kappa shape index (κ2) is 7.94. The summed E-state index contributed by atoms with van der Waals surface area (Å²) < 4.78 is 0. The van der Waals surface area contributed by atoms with Crippen molar-refractivity contribution in [3.05, 3.63) is 48.5 Å². The first-order chi connectivity index (χ1) is 9.60. The van der Waals surface area contributed by atoms with E-state index in [0.29, 0.717) is 11.4 Å². The third-order valence-corrected chi connectivity index (χ3v) is 2.92. The van der Waals surface area contributed by atoms with Gasteiger partial charge in [-0.15, -0.1) is 0 Å². The molecule has 0 amide bonds. The highest BCUT2D eigenvalue weighted by Gasteiger charge is 2.04. The fourth-order valence-corrected chi connectivity index (χ4v) is 1.78. The van der Waals surface area contributed by atoms with Gasteiger partial charge in [0.1, 0.15) is 11.5 Å². The smallest absolute Gasteiger partial charge is 0.138 e. The van der Waals surface area contributed by atoms with Gasteiger partial charge in [0.2, 0.25) is 0 Å². The van der Waals surface area contributed by atoms with Gasteiger partial charge in [-0.1, -0.05) is 24.3 Å². The van der Waals surface area contributed by atoms with Crippen molar-refractivity contribution < 1.29 is 10.2 Å². The monoisotopic (exact) mass is 274 g/mol. The molecule has 0 saturated carbocycles. The molecule has 4 N–H and O–H groups in total. The van der Waals surface area contributed by atoms with Crippen molar-refractivity contribution >= 4 is 11.4 Å². The molecule has 0 aliphatic carbocycles. The van der Waals surface area contributed by atoms with Crippen LogP contribution in [0.25, 0.3) is 0 Å². The van der Waals surface area contributed by atoms with Gasteiger partial charge in [0, 0.05) is 13.1 Å². The molecule has 0 radical (unpaired) electrons. The summed E-state index contributed by atoms with van der Waals surface area (Å²) in [5.74, 6) is 0.508. The Morgan fingerprint density at radius 1 is 0.850 bits per heavy atom. The lowest BCUT2D eigenvalue weighted by Crippen LogP contribution is -2.21. The van der Waals surface area contributed by atoms with Crippen LogP contribution in [0.15, 0.2) is 48.5 Å². The average Bonchev–Trinajstić information content (AvgIpc) is 2.46. The summed E-state index contributed by atoms with van der Waals surface area (Å²) in [6, 6.07) is 14.1. The number of nitrogens with two attached hydrogens (primary N) is 1. The number of hydrogen-bond acceptors (Lipinski definition) is 4. The van der Waals surface area contributed by atoms with Crippen LogP contribution in [-0.2, 0) is 0 Å². The number of phenolic OH excluding ortho intramolecular Hbond substituents is 2. The van der Waals surface area contributed by atoms with E-state index in [1.807, 2.05) is 18.2 Å². The van der Waals surface area contributed by atoms with Crippen LogP contribution >= 0.6 is 0 Å². The highest BCUT2D eigenvalue weighted by molar-refractivity contribution is 5.57. The number of phenols is 2. The van der Waals surface area contributed by atoms with E-state index in [-0.39, 0.29) is 5.75 Å². The lowest BCUT2D eigenvalue weighted by atomic mass is 10.2. The number of aromatic hydroxyl groups is 2. The van der Waals surface area contributed by atoms with E-state index in [4.69, 9.17) is 10.8 Å². The first-order valence-corrected chi connectivity index (χ1v) is 6.66. The van der Waals surface area contributed by atoms with Crippen LogP contribution in [-0.4, -0.2) is 23.3 Å². The fraction of sp³-hybridized carbons (Fsp3) is 0.250. The zero-order chi connectivity index (χ0) is 15.0. The highest BCUT2D eigenvalue weighted by Crippen LogP contribution is 2.25. The molecule has 4 nitrogen and oxygen atoms in total. The maximum atomic E-state index is 9.50. The summed E-state index contributed by atoms with van der Waals surface area (Å²) in [7, 11) is 0. The molecule has 2 aromatic rings. The Balaban J connectivity index is 0.000000217. The van der Waals surface area contributed by atoms with E-state index in [2.05, 4.69) is 18.7 Å². The third kappa shape index (κ3) is 4.39. The minimum atomic E-state index is 0.146. The molecule has 2 rings (SSSR count). The number of nitrogen functional groups attached to an aromatic ring is 1. The molecular formula is C16H22N2O2. The molecule has 0 heterocycles. The normalized spacial score (nSPS) is 9.50. The van der Waals surface area contributed by atoms with Crippen LogP contribution in [0.4, 0.5) is 11.4 Å². The average molecular weight is 274 g/mol. The summed E-state index contributed by atoms with van der Waals surface area (Å²) in [4.78, 5) is 2.12. The Morgan fingerprint density at radius 2 is 1.35 bits per heavy atom. The van der Waals surface area contributed by atoms with Crippen molar-refractivity contribution in [2.24, 2.45) is 0 Å². The molecule has 0 atom stereocenters. The minimum Gasteiger partial charge on any atom is -0.506 e. The maximum absolute atomic E-state index is 9.50. The molecule has 4 heteroatoms. The second-order valence-corrected chi connectivity index (χ2v) is 4.22. The number of rotatable bonds is 3. The van der Waals surface area contributed by atoms with Crippen molar-refractivity contribution in [2.75, 3.05) is 23.7 Å². The van der Waals surface area contributed by atoms with Crippen molar-refractivity contribution in [2.45, 2.75) is 13.8 Å². The Labute approximate surface area is 120 Å². The summed E-state index contributed by atoms with van der Waals surface area (Å²) in [6.07, 6.45) is 0. The summed E-state index contributed by atoms with van der Waals surface area (Å²) in [5.41, 5.74) is 6.61. The van der Waals surface area contributed by atoms with Crippen molar-refractivity contribution in [3.8, 4) is 11.5 Å². The standard InChI is InChI=1S/C10H15NO.C6H7NO/c1-3-11(4-2)9-7-5-6-8-10(9)12;7-5-3-1-2-4-6(5)8/h5-8,12H,3-4H2,1-2H3;1-4,8H,7H2. The third-order valence-electron chi connectivity index (χ3n) is 2.92. The zero-order valence-electron chi connectivity index (χ0n) is 12.0. The van der Waals surface area contributed by atoms with Crippen LogP contribution in [0.1, 0.15) is 13.8 Å². The first-order valence-electron chi connectivity index (χ1n) is 6.66. The summed E-state index contributed by atoms with van der Waals surface area (Å²) in [5, 5.41) is 18.3. The molecule has 0 spiro atoms. The Morgan fingerprint density at radius 3 is 1.75 bits per heavy atom. The molecule has 0 aliphatic rings. The number of para-hydroxylation sites is 4. The number of nitrogens with zero attached hydrogens (tertiary/aromatic N) is 1. The van der Waals surface area contributed by atoms with Crippen LogP contribution in [0.5, 0.6) is 11.5 Å². The zero-order valence-corrected chi connectivity index (χ0v) is 12.0. The molecular weight excluding hydrogens is 252 g/mol. The first kappa shape index (κ1) is 15.7. The minimum absolute atomic E-state index is 0.146. The Bertz CT molecular complexity index is 504. The van der Waals surface area contributed by atoms with E-state index in [1.54, 1.807) is 30.3 Å². The quantitative estimate of drug-likeness (QED) is 0.594. The Hall–Kier alpha value is -2.36. The molecule has 0 fully saturated rings. The molecule has 0 unspecified atom stereocenters. The van der Waals surface area contributed by atoms with Gasteiger partial charge in [-0.2, -0.15) is 0 Å². The summed E-state index contributed by atoms with van der Waals surface area (Å²) >= 11 is 0. The predicted octanol–water partition coefficient (Wildman–Crippen LogP) is 3.21. The number of hydrogen-bond donors (Lipinski definition) is 3. The topological polar surface area (TPSA) is 69.7 Å². The van der Waals surface area contributed by atoms with E-state index in [9.17, 15) is 5.11 Å². The van der Waals surface area contributed by atoms with Gasteiger partial charge in [-0.05, 0) is 38.1 Å². The van der Waals surface area contributed by atoms with Crippen LogP contribution in [0.3, 0.4) is 0 Å².